The van der Waals surface area contributed by atoms with Crippen LogP contribution in [0.25, 0.3) is 11.1 Å². The Morgan fingerprint density at radius 2 is 2.03 bits per heavy atom. The molecular weight excluding hydrogens is 410 g/mol. The summed E-state index contributed by atoms with van der Waals surface area (Å²) in [7, 11) is 0. The third kappa shape index (κ3) is 4.65. The zero-order valence-corrected chi connectivity index (χ0v) is 19.9. The van der Waals surface area contributed by atoms with Gasteiger partial charge in [-0.15, -0.1) is 5.10 Å². The molecular formula is C27H37N5O. The van der Waals surface area contributed by atoms with E-state index in [9.17, 15) is 0 Å². The second-order valence-corrected chi connectivity index (χ2v) is 11.5. The van der Waals surface area contributed by atoms with Crippen molar-refractivity contribution in [3.05, 3.63) is 36.3 Å². The number of hydrogen-bond acceptors (Lipinski definition) is 6. The molecule has 2 saturated carbocycles. The molecule has 2 saturated heterocycles. The number of rotatable bonds is 6. The number of aromatic nitrogens is 3. The van der Waals surface area contributed by atoms with Crippen molar-refractivity contribution < 1.29 is 4.74 Å². The van der Waals surface area contributed by atoms with Gasteiger partial charge in [-0.05, 0) is 75.5 Å². The Bertz CT molecular complexity index is 976. The highest BCUT2D eigenvalue weighted by atomic mass is 16.5. The van der Waals surface area contributed by atoms with Crippen LogP contribution in [0.1, 0.15) is 69.9 Å². The lowest BCUT2D eigenvalue weighted by Gasteiger charge is -2.40. The SMILES string of the molecule is CC1(CN2CCC3(CCOC3)C2)CCC(Nc2cc(-c3cccnc3C3CC3)cnn2)CC1. The van der Waals surface area contributed by atoms with Crippen molar-refractivity contribution in [2.75, 3.05) is 38.2 Å². The normalized spacial score (nSPS) is 32.5. The first kappa shape index (κ1) is 21.5. The molecule has 4 heterocycles. The average Bonchev–Trinajstić information content (AvgIpc) is 3.47. The summed E-state index contributed by atoms with van der Waals surface area (Å²) in [4.78, 5) is 7.39. The van der Waals surface area contributed by atoms with Gasteiger partial charge >= 0.3 is 0 Å². The Labute approximate surface area is 197 Å². The molecule has 1 N–H and O–H groups in total. The summed E-state index contributed by atoms with van der Waals surface area (Å²) < 4.78 is 5.72. The molecule has 2 aromatic heterocycles. The molecule has 2 aromatic rings. The minimum Gasteiger partial charge on any atom is -0.381 e. The van der Waals surface area contributed by atoms with E-state index in [2.05, 4.69) is 44.5 Å². The van der Waals surface area contributed by atoms with Crippen molar-refractivity contribution in [1.82, 2.24) is 20.1 Å². The molecule has 2 aliphatic heterocycles. The Morgan fingerprint density at radius 3 is 2.82 bits per heavy atom. The molecule has 1 spiro atoms. The summed E-state index contributed by atoms with van der Waals surface area (Å²) in [5.41, 5.74) is 4.45. The highest BCUT2D eigenvalue weighted by Crippen LogP contribution is 2.44. The highest BCUT2D eigenvalue weighted by molar-refractivity contribution is 5.68. The maximum atomic E-state index is 5.72. The average molecular weight is 448 g/mol. The highest BCUT2D eigenvalue weighted by Gasteiger charge is 2.43. The van der Waals surface area contributed by atoms with Crippen molar-refractivity contribution in [2.24, 2.45) is 10.8 Å². The largest absolute Gasteiger partial charge is 0.381 e. The van der Waals surface area contributed by atoms with Crippen LogP contribution in [-0.4, -0.2) is 59.0 Å². The lowest BCUT2D eigenvalue weighted by Crippen LogP contribution is -2.40. The lowest BCUT2D eigenvalue weighted by molar-refractivity contribution is 0.115. The van der Waals surface area contributed by atoms with Crippen LogP contribution in [0, 0.1) is 10.8 Å². The third-order valence-electron chi connectivity index (χ3n) is 8.62. The number of likely N-dealkylation sites (tertiary alicyclic amines) is 1. The first-order chi connectivity index (χ1) is 16.1. The van der Waals surface area contributed by atoms with Gasteiger partial charge in [0.05, 0.1) is 18.5 Å². The van der Waals surface area contributed by atoms with E-state index in [4.69, 9.17) is 4.74 Å². The van der Waals surface area contributed by atoms with Crippen LogP contribution < -0.4 is 5.32 Å². The first-order valence-corrected chi connectivity index (χ1v) is 12.9. The van der Waals surface area contributed by atoms with Crippen molar-refractivity contribution in [1.29, 1.82) is 0 Å². The molecule has 0 amide bonds. The fourth-order valence-electron chi connectivity index (χ4n) is 6.43. The zero-order valence-electron chi connectivity index (χ0n) is 19.9. The summed E-state index contributed by atoms with van der Waals surface area (Å²) in [5, 5.41) is 12.4. The molecule has 176 valence electrons. The van der Waals surface area contributed by atoms with Crippen LogP contribution in [0.3, 0.4) is 0 Å². The van der Waals surface area contributed by atoms with E-state index in [0.29, 0.717) is 22.8 Å². The molecule has 0 bridgehead atoms. The summed E-state index contributed by atoms with van der Waals surface area (Å²) >= 11 is 0. The van der Waals surface area contributed by atoms with Crippen LogP contribution in [-0.2, 0) is 4.74 Å². The third-order valence-corrected chi connectivity index (χ3v) is 8.62. The van der Waals surface area contributed by atoms with Gasteiger partial charge in [-0.1, -0.05) is 13.0 Å². The number of ether oxygens (including phenoxy) is 1. The Morgan fingerprint density at radius 1 is 1.15 bits per heavy atom. The van der Waals surface area contributed by atoms with E-state index in [-0.39, 0.29) is 0 Å². The van der Waals surface area contributed by atoms with Crippen LogP contribution in [0.2, 0.25) is 0 Å². The van der Waals surface area contributed by atoms with Gasteiger partial charge in [-0.25, -0.2) is 0 Å². The number of pyridine rings is 1. The fraction of sp³-hybridized carbons (Fsp3) is 0.667. The molecule has 6 nitrogen and oxygen atoms in total. The Hall–Kier alpha value is -2.05. The predicted molar refractivity (Wildman–Crippen MR) is 130 cm³/mol. The van der Waals surface area contributed by atoms with Gasteiger partial charge in [0.1, 0.15) is 5.82 Å². The molecule has 2 aliphatic carbocycles. The molecule has 0 radical (unpaired) electrons. The van der Waals surface area contributed by atoms with Crippen molar-refractivity contribution in [2.45, 2.75) is 70.3 Å². The van der Waals surface area contributed by atoms with Gasteiger partial charge < -0.3 is 15.0 Å². The van der Waals surface area contributed by atoms with E-state index in [1.807, 2.05) is 18.5 Å². The van der Waals surface area contributed by atoms with E-state index in [1.165, 1.54) is 82.3 Å². The second-order valence-electron chi connectivity index (χ2n) is 11.5. The van der Waals surface area contributed by atoms with Gasteiger partial charge in [-0.3, -0.25) is 4.98 Å². The van der Waals surface area contributed by atoms with Crippen molar-refractivity contribution in [3.63, 3.8) is 0 Å². The van der Waals surface area contributed by atoms with E-state index >= 15 is 0 Å². The minimum absolute atomic E-state index is 0.422. The number of nitrogens with zero attached hydrogens (tertiary/aromatic N) is 4. The van der Waals surface area contributed by atoms with Gasteiger partial charge in [0.2, 0.25) is 0 Å². The van der Waals surface area contributed by atoms with Crippen LogP contribution in [0.4, 0.5) is 5.82 Å². The summed E-state index contributed by atoms with van der Waals surface area (Å²) in [6.07, 6.45) is 13.8. The van der Waals surface area contributed by atoms with Crippen LogP contribution in [0.15, 0.2) is 30.6 Å². The molecule has 1 atom stereocenters. The van der Waals surface area contributed by atoms with Gasteiger partial charge in [0, 0.05) is 54.4 Å². The second kappa shape index (κ2) is 8.62. The predicted octanol–water partition coefficient (Wildman–Crippen LogP) is 4.89. The fourth-order valence-corrected chi connectivity index (χ4v) is 6.43. The molecule has 6 rings (SSSR count). The smallest absolute Gasteiger partial charge is 0.149 e. The lowest BCUT2D eigenvalue weighted by atomic mass is 9.73. The number of hydrogen-bond donors (Lipinski definition) is 1. The first-order valence-electron chi connectivity index (χ1n) is 12.9. The molecule has 0 aromatic carbocycles. The monoisotopic (exact) mass is 447 g/mol. The van der Waals surface area contributed by atoms with Crippen LogP contribution >= 0.6 is 0 Å². The molecule has 33 heavy (non-hydrogen) atoms. The Balaban J connectivity index is 1.06. The summed E-state index contributed by atoms with van der Waals surface area (Å²) in [6, 6.07) is 6.84. The topological polar surface area (TPSA) is 63.2 Å². The number of nitrogens with one attached hydrogen (secondary N) is 1. The standard InChI is InChI=1S/C27H37N5O/c1-26(17-32-13-10-27(18-32)11-14-33-19-27)8-6-22(7-9-26)30-24-15-21(16-29-31-24)23-3-2-12-28-25(23)20-4-5-20/h2-3,12,15-16,20,22H,4-11,13-14,17-19H2,1H3,(H,30,31). The molecule has 6 heteroatoms. The zero-order chi connectivity index (χ0) is 22.3. The number of anilines is 1. The molecule has 1 unspecified atom stereocenters. The van der Waals surface area contributed by atoms with E-state index < -0.39 is 0 Å². The maximum Gasteiger partial charge on any atom is 0.149 e. The van der Waals surface area contributed by atoms with Crippen molar-refractivity contribution in [3.8, 4) is 11.1 Å². The van der Waals surface area contributed by atoms with Gasteiger partial charge in [-0.2, -0.15) is 5.10 Å². The van der Waals surface area contributed by atoms with Crippen molar-refractivity contribution >= 4 is 5.82 Å². The van der Waals surface area contributed by atoms with E-state index in [0.717, 1.165) is 24.6 Å². The van der Waals surface area contributed by atoms with Gasteiger partial charge in [0.15, 0.2) is 0 Å². The quantitative estimate of drug-likeness (QED) is 0.680. The molecule has 4 fully saturated rings. The van der Waals surface area contributed by atoms with Gasteiger partial charge in [0.25, 0.3) is 0 Å². The molecule has 4 aliphatic rings. The van der Waals surface area contributed by atoms with Crippen LogP contribution in [0.5, 0.6) is 0 Å². The maximum absolute atomic E-state index is 5.72. The Kier molecular flexibility index (Phi) is 5.61. The van der Waals surface area contributed by atoms with E-state index in [1.54, 1.807) is 0 Å². The minimum atomic E-state index is 0.422. The summed E-state index contributed by atoms with van der Waals surface area (Å²) in [5.74, 6) is 1.52. The summed E-state index contributed by atoms with van der Waals surface area (Å²) in [6.45, 7) is 8.17.